The van der Waals surface area contributed by atoms with Crippen LogP contribution in [0.5, 0.6) is 0 Å². The summed E-state index contributed by atoms with van der Waals surface area (Å²) >= 11 is 0. The number of hydrogen-bond acceptors (Lipinski definition) is 7. The van der Waals surface area contributed by atoms with Gasteiger partial charge >= 0.3 is 0 Å². The number of rotatable bonds is 7. The highest BCUT2D eigenvalue weighted by molar-refractivity contribution is 7.91. The van der Waals surface area contributed by atoms with Crippen molar-refractivity contribution in [1.29, 1.82) is 0 Å². The fraction of sp³-hybridized carbons (Fsp3) is 0.476. The van der Waals surface area contributed by atoms with Crippen LogP contribution in [-0.4, -0.2) is 75.1 Å². The van der Waals surface area contributed by atoms with Crippen LogP contribution in [0.3, 0.4) is 0 Å². The average molecular weight is 481 g/mol. The van der Waals surface area contributed by atoms with Crippen LogP contribution in [0.25, 0.3) is 0 Å². The van der Waals surface area contributed by atoms with E-state index < -0.39 is 26.1 Å². The second kappa shape index (κ2) is 9.54. The molecule has 0 spiro atoms. The lowest BCUT2D eigenvalue weighted by molar-refractivity contribution is 0.0700. The maximum Gasteiger partial charge on any atom is 0.282 e. The third-order valence-electron chi connectivity index (χ3n) is 5.99. The zero-order valence-electron chi connectivity index (χ0n) is 17.7. The molecule has 3 heterocycles. The lowest BCUT2D eigenvalue weighted by atomic mass is 9.97. The summed E-state index contributed by atoms with van der Waals surface area (Å²) in [5, 5.41) is -0.0765. The SMILES string of the molecule is NCc1ccnc(S(=O)(=O)C[C@H]2C[C@@H](c3ccccc3)CN2S(=O)(=O)N2CCOCC2)c1. The third kappa shape index (κ3) is 4.87. The van der Waals surface area contributed by atoms with Crippen molar-refractivity contribution in [2.75, 3.05) is 38.6 Å². The van der Waals surface area contributed by atoms with E-state index in [0.29, 0.717) is 25.2 Å². The first-order valence-electron chi connectivity index (χ1n) is 10.6. The molecule has 0 saturated carbocycles. The van der Waals surface area contributed by atoms with Gasteiger partial charge in [-0.2, -0.15) is 17.0 Å². The van der Waals surface area contributed by atoms with Gasteiger partial charge in [-0.25, -0.2) is 13.4 Å². The number of sulfone groups is 1. The number of nitrogens with two attached hydrogens (primary N) is 1. The van der Waals surface area contributed by atoms with Crippen molar-refractivity contribution < 1.29 is 21.6 Å². The highest BCUT2D eigenvalue weighted by Crippen LogP contribution is 2.36. The van der Waals surface area contributed by atoms with E-state index in [9.17, 15) is 16.8 Å². The minimum absolute atomic E-state index is 0.0765. The van der Waals surface area contributed by atoms with E-state index in [4.69, 9.17) is 10.5 Å². The zero-order valence-corrected chi connectivity index (χ0v) is 19.3. The van der Waals surface area contributed by atoms with Crippen LogP contribution in [0.4, 0.5) is 0 Å². The van der Waals surface area contributed by atoms with Gasteiger partial charge in [-0.3, -0.25) is 0 Å². The van der Waals surface area contributed by atoms with Gasteiger partial charge in [-0.05, 0) is 35.6 Å². The molecule has 2 N–H and O–H groups in total. The minimum atomic E-state index is -3.84. The highest BCUT2D eigenvalue weighted by atomic mass is 32.2. The van der Waals surface area contributed by atoms with Gasteiger partial charge in [0.05, 0.1) is 19.0 Å². The fourth-order valence-corrected chi connectivity index (χ4v) is 7.75. The lowest BCUT2D eigenvalue weighted by Crippen LogP contribution is -2.51. The topological polar surface area (TPSA) is 123 Å². The van der Waals surface area contributed by atoms with E-state index in [1.54, 1.807) is 6.07 Å². The van der Waals surface area contributed by atoms with Crippen LogP contribution >= 0.6 is 0 Å². The average Bonchev–Trinajstić information content (AvgIpc) is 3.24. The smallest absolute Gasteiger partial charge is 0.282 e. The Hall–Kier alpha value is -1.89. The van der Waals surface area contributed by atoms with Crippen LogP contribution in [-0.2, 0) is 31.3 Å². The maximum absolute atomic E-state index is 13.5. The molecule has 0 radical (unpaired) electrons. The molecule has 9 nitrogen and oxygen atoms in total. The lowest BCUT2D eigenvalue weighted by Gasteiger charge is -2.32. The summed E-state index contributed by atoms with van der Waals surface area (Å²) in [6, 6.07) is 12.0. The van der Waals surface area contributed by atoms with Gasteiger partial charge in [-0.15, -0.1) is 0 Å². The van der Waals surface area contributed by atoms with E-state index in [0.717, 1.165) is 5.56 Å². The first-order chi connectivity index (χ1) is 15.3. The Labute approximate surface area is 189 Å². The Morgan fingerprint density at radius 2 is 1.78 bits per heavy atom. The van der Waals surface area contributed by atoms with Crippen molar-refractivity contribution in [3.05, 3.63) is 59.8 Å². The standard InChI is InChI=1S/C21H28N4O5S2/c22-14-17-6-7-23-21(12-17)31(26,27)16-20-13-19(18-4-2-1-3-5-18)15-25(20)32(28,29)24-8-10-30-11-9-24/h1-7,12,19-20H,8-11,13-16,22H2/t19-,20-/m1/s1. The monoisotopic (exact) mass is 480 g/mol. The Bertz CT molecular complexity index is 1140. The van der Waals surface area contributed by atoms with Gasteiger partial charge in [0.1, 0.15) is 0 Å². The number of pyridine rings is 1. The molecular formula is C21H28N4O5S2. The van der Waals surface area contributed by atoms with Gasteiger partial charge in [0.2, 0.25) is 0 Å². The van der Waals surface area contributed by atoms with Crippen LogP contribution in [0.1, 0.15) is 23.5 Å². The Morgan fingerprint density at radius 1 is 1.06 bits per heavy atom. The number of benzene rings is 1. The summed E-state index contributed by atoms with van der Waals surface area (Å²) in [6.07, 6.45) is 1.84. The van der Waals surface area contributed by atoms with Gasteiger partial charge in [-0.1, -0.05) is 30.3 Å². The molecule has 2 fully saturated rings. The first kappa shape index (κ1) is 23.3. The molecule has 2 atom stereocenters. The van der Waals surface area contributed by atoms with Crippen molar-refractivity contribution in [3.63, 3.8) is 0 Å². The van der Waals surface area contributed by atoms with Crippen LogP contribution in [0.2, 0.25) is 0 Å². The van der Waals surface area contributed by atoms with Crippen molar-refractivity contribution in [1.82, 2.24) is 13.6 Å². The fourth-order valence-electron chi connectivity index (χ4n) is 4.30. The third-order valence-corrected chi connectivity index (χ3v) is 9.74. The van der Waals surface area contributed by atoms with E-state index in [2.05, 4.69) is 4.98 Å². The van der Waals surface area contributed by atoms with Crippen LogP contribution < -0.4 is 5.73 Å². The largest absolute Gasteiger partial charge is 0.379 e. The molecule has 0 unspecified atom stereocenters. The molecule has 1 aromatic heterocycles. The normalized spacial score (nSPS) is 23.4. The number of morpholine rings is 1. The molecule has 0 aliphatic carbocycles. The van der Waals surface area contributed by atoms with Gasteiger partial charge in [0.25, 0.3) is 10.2 Å². The number of hydrogen-bond donors (Lipinski definition) is 1. The molecule has 0 bridgehead atoms. The Morgan fingerprint density at radius 3 is 2.47 bits per heavy atom. The summed E-state index contributed by atoms with van der Waals surface area (Å²) in [5.74, 6) is -0.420. The maximum atomic E-state index is 13.5. The van der Waals surface area contributed by atoms with Gasteiger partial charge in [0, 0.05) is 38.4 Å². The molecule has 2 aliphatic rings. The number of ether oxygens (including phenoxy) is 1. The first-order valence-corrected chi connectivity index (χ1v) is 13.6. The quantitative estimate of drug-likeness (QED) is 0.620. The molecule has 11 heteroatoms. The van der Waals surface area contributed by atoms with E-state index in [-0.39, 0.29) is 42.9 Å². The number of aromatic nitrogens is 1. The zero-order chi connectivity index (χ0) is 22.8. The molecule has 0 amide bonds. The predicted octanol–water partition coefficient (Wildman–Crippen LogP) is 0.749. The Balaban J connectivity index is 1.64. The van der Waals surface area contributed by atoms with E-state index in [1.807, 2.05) is 30.3 Å². The molecule has 2 aromatic rings. The second-order valence-corrected chi connectivity index (χ2v) is 11.9. The predicted molar refractivity (Wildman–Crippen MR) is 120 cm³/mol. The molecule has 174 valence electrons. The van der Waals surface area contributed by atoms with Crippen LogP contribution in [0, 0.1) is 0 Å². The molecule has 2 aliphatic heterocycles. The molecule has 1 aromatic carbocycles. The van der Waals surface area contributed by atoms with Crippen molar-refractivity contribution >= 4 is 20.0 Å². The van der Waals surface area contributed by atoms with Gasteiger partial charge < -0.3 is 10.5 Å². The summed E-state index contributed by atoms with van der Waals surface area (Å²) in [6.45, 7) is 1.60. The van der Waals surface area contributed by atoms with Gasteiger partial charge in [0.15, 0.2) is 14.9 Å². The summed E-state index contributed by atoms with van der Waals surface area (Å²) < 4.78 is 61.4. The summed E-state index contributed by atoms with van der Waals surface area (Å²) in [7, 11) is -7.66. The minimum Gasteiger partial charge on any atom is -0.379 e. The highest BCUT2D eigenvalue weighted by Gasteiger charge is 2.45. The second-order valence-electron chi connectivity index (χ2n) is 8.07. The van der Waals surface area contributed by atoms with Crippen LogP contribution in [0.15, 0.2) is 53.7 Å². The van der Waals surface area contributed by atoms with E-state index in [1.165, 1.54) is 20.9 Å². The molecular weight excluding hydrogens is 452 g/mol. The molecule has 4 rings (SSSR count). The summed E-state index contributed by atoms with van der Waals surface area (Å²) in [4.78, 5) is 4.02. The molecule has 32 heavy (non-hydrogen) atoms. The van der Waals surface area contributed by atoms with Crippen molar-refractivity contribution in [3.8, 4) is 0 Å². The van der Waals surface area contributed by atoms with E-state index >= 15 is 0 Å². The molecule has 2 saturated heterocycles. The van der Waals surface area contributed by atoms with Crippen molar-refractivity contribution in [2.24, 2.45) is 5.73 Å². The van der Waals surface area contributed by atoms with Crippen molar-refractivity contribution in [2.45, 2.75) is 30.0 Å². The number of nitrogens with zero attached hydrogens (tertiary/aromatic N) is 3. The summed E-state index contributed by atoms with van der Waals surface area (Å²) in [5.41, 5.74) is 7.30. The Kier molecular flexibility index (Phi) is 6.94.